The van der Waals surface area contributed by atoms with Gasteiger partial charge in [0.05, 0.1) is 24.6 Å². The number of hydrogen-bond acceptors (Lipinski definition) is 9. The zero-order chi connectivity index (χ0) is 29.3. The number of carbonyl (C=O) groups excluding carboxylic acids is 2. The predicted octanol–water partition coefficient (Wildman–Crippen LogP) is 3.75. The smallest absolute Gasteiger partial charge is 0.426 e. The number of rotatable bonds is 5. The van der Waals surface area contributed by atoms with Crippen LogP contribution in [-0.4, -0.2) is 86.6 Å². The van der Waals surface area contributed by atoms with Crippen LogP contribution in [0.25, 0.3) is 22.4 Å². The van der Waals surface area contributed by atoms with Crippen molar-refractivity contribution in [2.75, 3.05) is 38.3 Å². The van der Waals surface area contributed by atoms with Crippen molar-refractivity contribution in [3.8, 4) is 11.4 Å². The van der Waals surface area contributed by atoms with Gasteiger partial charge in [-0.3, -0.25) is 9.48 Å². The molecule has 222 valence electrons. The number of nitrogens with zero attached hydrogens (tertiary/aromatic N) is 7. The van der Waals surface area contributed by atoms with Crippen LogP contribution in [0.1, 0.15) is 70.6 Å². The molecule has 0 aliphatic carbocycles. The largest absolute Gasteiger partial charge is 0.443 e. The maximum Gasteiger partial charge on any atom is 0.426 e. The average molecular weight is 569 g/mol. The quantitative estimate of drug-likeness (QED) is 0.458. The third-order valence-corrected chi connectivity index (χ3v) is 7.18. The summed E-state index contributed by atoms with van der Waals surface area (Å²) in [6.07, 6.45) is 3.76. The lowest BCUT2D eigenvalue weighted by Crippen LogP contribution is -2.46. The predicted molar refractivity (Wildman–Crippen MR) is 152 cm³/mol. The molecule has 1 unspecified atom stereocenters. The minimum atomic E-state index is -0.729. The van der Waals surface area contributed by atoms with Gasteiger partial charge in [0.2, 0.25) is 0 Å². The number of fused-ring (bicyclic) bond motifs is 1. The molecule has 13 heteroatoms. The van der Waals surface area contributed by atoms with Crippen molar-refractivity contribution in [2.45, 2.75) is 78.3 Å². The summed E-state index contributed by atoms with van der Waals surface area (Å²) < 4.78 is 20.9. The van der Waals surface area contributed by atoms with Crippen molar-refractivity contribution in [3.05, 3.63) is 24.0 Å². The fraction of sp³-hybridized carbons (Fsp3) is 0.607. The standard InChI is InChI=1S/C28H40N8O5/c1-7-35-25-21(34-13-15-39-17-18(34)2)16-19(26(37)33(6)32-27(38)41-28(3,4)5)30-24(25)23(31-35)20-11-12-29-36(20)22-10-8-9-14-40-22/h11-12,16,18,22H,7-10,13-15,17H2,1-6H3,(H,32,38)/t18-,22?/m1/s1. The molecule has 0 spiro atoms. The van der Waals surface area contributed by atoms with E-state index >= 15 is 0 Å². The second-order valence-electron chi connectivity index (χ2n) is 11.5. The van der Waals surface area contributed by atoms with E-state index in [4.69, 9.17) is 24.3 Å². The number of aromatic nitrogens is 5. The monoisotopic (exact) mass is 568 g/mol. The Morgan fingerprint density at radius 1 is 1.24 bits per heavy atom. The summed E-state index contributed by atoms with van der Waals surface area (Å²) >= 11 is 0. The second-order valence-corrected chi connectivity index (χ2v) is 11.5. The highest BCUT2D eigenvalue weighted by molar-refractivity contribution is 6.03. The van der Waals surface area contributed by atoms with Gasteiger partial charge in [-0.05, 0) is 66.0 Å². The first kappa shape index (κ1) is 28.8. The van der Waals surface area contributed by atoms with E-state index in [0.717, 1.165) is 41.2 Å². The van der Waals surface area contributed by atoms with Crippen LogP contribution in [0, 0.1) is 0 Å². The van der Waals surface area contributed by atoms with Gasteiger partial charge in [-0.2, -0.15) is 10.2 Å². The lowest BCUT2D eigenvalue weighted by atomic mass is 10.1. The number of anilines is 1. The topological polar surface area (TPSA) is 129 Å². The number of pyridine rings is 1. The van der Waals surface area contributed by atoms with E-state index in [1.54, 1.807) is 33.0 Å². The molecular formula is C28H40N8O5. The van der Waals surface area contributed by atoms with Crippen molar-refractivity contribution < 1.29 is 23.8 Å². The normalized spacial score (nSPS) is 19.8. The third kappa shape index (κ3) is 6.01. The lowest BCUT2D eigenvalue weighted by molar-refractivity contribution is -0.0384. The molecule has 2 aliphatic heterocycles. The van der Waals surface area contributed by atoms with E-state index in [9.17, 15) is 9.59 Å². The van der Waals surface area contributed by atoms with Crippen LogP contribution in [-0.2, 0) is 20.8 Å². The zero-order valence-electron chi connectivity index (χ0n) is 24.7. The van der Waals surface area contributed by atoms with Gasteiger partial charge < -0.3 is 19.1 Å². The van der Waals surface area contributed by atoms with E-state index in [-0.39, 0.29) is 18.0 Å². The van der Waals surface area contributed by atoms with Gasteiger partial charge in [-0.1, -0.05) is 0 Å². The Morgan fingerprint density at radius 3 is 2.73 bits per heavy atom. The van der Waals surface area contributed by atoms with Crippen molar-refractivity contribution in [1.82, 2.24) is 35.0 Å². The maximum atomic E-state index is 13.7. The number of amides is 2. The number of ether oxygens (including phenoxy) is 3. The highest BCUT2D eigenvalue weighted by Gasteiger charge is 2.30. The highest BCUT2D eigenvalue weighted by Crippen LogP contribution is 2.37. The molecule has 3 aromatic heterocycles. The Morgan fingerprint density at radius 2 is 2.05 bits per heavy atom. The van der Waals surface area contributed by atoms with Crippen molar-refractivity contribution in [1.29, 1.82) is 0 Å². The number of hydrazine groups is 1. The summed E-state index contributed by atoms with van der Waals surface area (Å²) in [5.74, 6) is -0.487. The summed E-state index contributed by atoms with van der Waals surface area (Å²) in [6.45, 7) is 12.5. The summed E-state index contributed by atoms with van der Waals surface area (Å²) in [4.78, 5) is 33.2. The summed E-state index contributed by atoms with van der Waals surface area (Å²) in [6, 6.07) is 3.75. The van der Waals surface area contributed by atoms with Crippen LogP contribution < -0.4 is 10.3 Å². The molecule has 3 aromatic rings. The first-order chi connectivity index (χ1) is 19.6. The first-order valence-electron chi connectivity index (χ1n) is 14.3. The Balaban J connectivity index is 1.62. The van der Waals surface area contributed by atoms with Gasteiger partial charge in [0, 0.05) is 39.0 Å². The Kier molecular flexibility index (Phi) is 8.18. The van der Waals surface area contributed by atoms with Crippen LogP contribution in [0.2, 0.25) is 0 Å². The Bertz CT molecular complexity index is 1400. The molecule has 13 nitrogen and oxygen atoms in total. The van der Waals surface area contributed by atoms with Crippen LogP contribution in [0.4, 0.5) is 10.5 Å². The van der Waals surface area contributed by atoms with Gasteiger partial charge >= 0.3 is 6.09 Å². The fourth-order valence-corrected chi connectivity index (χ4v) is 5.29. The van der Waals surface area contributed by atoms with Crippen molar-refractivity contribution >= 4 is 28.7 Å². The van der Waals surface area contributed by atoms with Crippen LogP contribution in [0.3, 0.4) is 0 Å². The second kappa shape index (κ2) is 11.6. The molecule has 41 heavy (non-hydrogen) atoms. The van der Waals surface area contributed by atoms with Crippen molar-refractivity contribution in [3.63, 3.8) is 0 Å². The van der Waals surface area contributed by atoms with Crippen LogP contribution in [0.15, 0.2) is 18.3 Å². The molecule has 2 saturated heterocycles. The molecule has 2 aliphatic rings. The molecular weight excluding hydrogens is 528 g/mol. The molecule has 2 atom stereocenters. The van der Waals surface area contributed by atoms with Gasteiger partial charge in [-0.25, -0.2) is 24.9 Å². The van der Waals surface area contributed by atoms with Crippen LogP contribution >= 0.6 is 0 Å². The zero-order valence-corrected chi connectivity index (χ0v) is 24.7. The van der Waals surface area contributed by atoms with E-state index < -0.39 is 17.6 Å². The third-order valence-electron chi connectivity index (χ3n) is 7.18. The molecule has 2 fully saturated rings. The molecule has 2 amide bonds. The minimum Gasteiger partial charge on any atom is -0.443 e. The van der Waals surface area contributed by atoms with Gasteiger partial charge in [0.15, 0.2) is 6.23 Å². The molecule has 0 saturated carbocycles. The van der Waals surface area contributed by atoms with Gasteiger partial charge in [0.25, 0.3) is 5.91 Å². The molecule has 0 radical (unpaired) electrons. The van der Waals surface area contributed by atoms with Gasteiger partial charge in [-0.15, -0.1) is 0 Å². The minimum absolute atomic E-state index is 0.0692. The van der Waals surface area contributed by atoms with Crippen molar-refractivity contribution in [2.24, 2.45) is 0 Å². The molecule has 5 heterocycles. The molecule has 5 rings (SSSR count). The summed E-state index contributed by atoms with van der Waals surface area (Å²) in [7, 11) is 1.47. The van der Waals surface area contributed by atoms with E-state index in [2.05, 4.69) is 22.3 Å². The maximum absolute atomic E-state index is 13.7. The molecule has 1 N–H and O–H groups in total. The first-order valence-corrected chi connectivity index (χ1v) is 14.3. The lowest BCUT2D eigenvalue weighted by Gasteiger charge is -2.35. The van der Waals surface area contributed by atoms with E-state index in [1.165, 1.54) is 7.05 Å². The molecule has 0 aromatic carbocycles. The number of morpholine rings is 1. The van der Waals surface area contributed by atoms with Gasteiger partial charge in [0.1, 0.15) is 28.0 Å². The fourth-order valence-electron chi connectivity index (χ4n) is 5.29. The Labute approximate surface area is 239 Å². The highest BCUT2D eigenvalue weighted by atomic mass is 16.6. The number of hydrogen-bond donors (Lipinski definition) is 1. The molecule has 0 bridgehead atoms. The summed E-state index contributed by atoms with van der Waals surface area (Å²) in [5.41, 5.74) is 5.59. The number of nitrogens with one attached hydrogen (secondary N) is 1. The Hall–Kier alpha value is -3.71. The van der Waals surface area contributed by atoms with Crippen LogP contribution in [0.5, 0.6) is 0 Å². The van der Waals surface area contributed by atoms with E-state index in [0.29, 0.717) is 44.1 Å². The SMILES string of the molecule is CCn1nc(-c2ccnn2C2CCCCO2)c2nc(C(=O)N(C)NC(=O)OC(C)(C)C)cc(N3CCOC[C@H]3C)c21. The number of carbonyl (C=O) groups is 2. The number of aryl methyl sites for hydroxylation is 1. The average Bonchev–Trinajstić information content (AvgIpc) is 3.56. The summed E-state index contributed by atoms with van der Waals surface area (Å²) in [5, 5.41) is 10.7. The van der Waals surface area contributed by atoms with E-state index in [1.807, 2.05) is 22.4 Å².